The molecule has 1 unspecified atom stereocenters. The van der Waals surface area contributed by atoms with Gasteiger partial charge in [0.25, 0.3) is 0 Å². The molecular formula is C6H13KO. The normalized spacial score (nSPS) is 18.1. The molecule has 0 saturated carbocycles. The minimum atomic E-state index is -0.361. The molecule has 0 aliphatic rings. The second-order valence-corrected chi connectivity index (χ2v) is 4.16. The molecule has 0 rings (SSSR count). The second kappa shape index (κ2) is 4.42. The number of hydrogen-bond acceptors (Lipinski definition) is 1. The second-order valence-electron chi connectivity index (χ2n) is 2.60. The van der Waals surface area contributed by atoms with Gasteiger partial charge in [-0.3, -0.25) is 0 Å². The van der Waals surface area contributed by atoms with Crippen LogP contribution < -0.4 is 0 Å². The van der Waals surface area contributed by atoms with E-state index in [-0.39, 0.29) is 5.60 Å². The number of rotatable bonds is 3. The average molecular weight is 140 g/mol. The van der Waals surface area contributed by atoms with E-state index in [4.69, 9.17) is 0 Å². The van der Waals surface area contributed by atoms with Gasteiger partial charge in [-0.15, -0.1) is 0 Å². The molecule has 1 N–H and O–H groups in total. The predicted octanol–water partition coefficient (Wildman–Crippen LogP) is 1.12. The molecule has 2 heteroatoms. The van der Waals surface area contributed by atoms with Gasteiger partial charge in [-0.25, -0.2) is 0 Å². The topological polar surface area (TPSA) is 20.2 Å². The van der Waals surface area contributed by atoms with Crippen LogP contribution in [0.5, 0.6) is 0 Å². The maximum atomic E-state index is 9.35. The van der Waals surface area contributed by atoms with E-state index in [2.05, 4.69) is 0 Å². The summed E-state index contributed by atoms with van der Waals surface area (Å²) in [6.45, 7) is 3.95. The van der Waals surface area contributed by atoms with Crippen LogP contribution in [0, 0.1) is 0 Å². The molecule has 1 nitrogen and oxygen atoms in total. The molecule has 0 amide bonds. The Kier molecular flexibility index (Phi) is 5.30. The summed E-state index contributed by atoms with van der Waals surface area (Å²) in [6, 6.07) is 0. The van der Waals surface area contributed by atoms with Gasteiger partial charge in [0, 0.05) is 0 Å². The Bertz CT molecular complexity index is 61.5. The van der Waals surface area contributed by atoms with E-state index in [1.165, 1.54) is 0.515 Å². The summed E-state index contributed by atoms with van der Waals surface area (Å²) in [5.41, 5.74) is -0.361. The van der Waals surface area contributed by atoms with Gasteiger partial charge in [0.05, 0.1) is 0 Å². The first kappa shape index (κ1) is 9.60. The van der Waals surface area contributed by atoms with Crippen LogP contribution in [-0.4, -0.2) is 59.7 Å². The minimum absolute atomic E-state index is 0.361. The standard InChI is InChI=1S/C6H13O.K/c1-4-6(3,7)5-2;/h7H,1,4-5H2,2-3H3;. The Morgan fingerprint density at radius 2 is 2.12 bits per heavy atom. The molecule has 0 heterocycles. The van der Waals surface area contributed by atoms with Crippen LogP contribution in [0.25, 0.3) is 0 Å². The fraction of sp³-hybridized carbons (Fsp3) is 1.00. The van der Waals surface area contributed by atoms with Crippen LogP contribution >= 0.6 is 0 Å². The van der Waals surface area contributed by atoms with Crippen LogP contribution in [0.4, 0.5) is 0 Å². The molecule has 8 heavy (non-hydrogen) atoms. The van der Waals surface area contributed by atoms with Gasteiger partial charge in [0.1, 0.15) is 0 Å². The molecule has 0 aliphatic carbocycles. The van der Waals surface area contributed by atoms with Crippen molar-refractivity contribution in [3.05, 3.63) is 0 Å². The molecule has 0 saturated heterocycles. The van der Waals surface area contributed by atoms with Gasteiger partial charge < -0.3 is 0 Å². The zero-order chi connectivity index (χ0) is 6.62. The average Bonchev–Trinajstić information content (AvgIpc) is 1.67. The first-order chi connectivity index (χ1) is 3.62. The van der Waals surface area contributed by atoms with Gasteiger partial charge in [-0.2, -0.15) is 0 Å². The van der Waals surface area contributed by atoms with E-state index in [9.17, 15) is 5.11 Å². The maximum absolute atomic E-state index is 9.35. The van der Waals surface area contributed by atoms with E-state index in [0.717, 1.165) is 61.8 Å². The van der Waals surface area contributed by atoms with E-state index in [0.29, 0.717) is 0 Å². The first-order valence-electron chi connectivity index (χ1n) is 3.34. The SMILES string of the molecule is CCC(C)(O)C[CH2][K]. The third-order valence-electron chi connectivity index (χ3n) is 1.55. The first-order valence-corrected chi connectivity index (χ1v) is 5.55. The van der Waals surface area contributed by atoms with Crippen molar-refractivity contribution >= 4 is 49.0 Å². The van der Waals surface area contributed by atoms with Crippen molar-refractivity contribution in [3.63, 3.8) is 0 Å². The van der Waals surface area contributed by atoms with Gasteiger partial charge in [0.2, 0.25) is 0 Å². The molecule has 1 atom stereocenters. The summed E-state index contributed by atoms with van der Waals surface area (Å²) in [5, 5.41) is 9.35. The Morgan fingerprint density at radius 3 is 2.25 bits per heavy atom. The Balaban J connectivity index is 3.37. The van der Waals surface area contributed by atoms with Crippen LogP contribution in [0.1, 0.15) is 26.7 Å². The van der Waals surface area contributed by atoms with Crippen molar-refractivity contribution in [1.82, 2.24) is 0 Å². The Labute approximate surface area is 85.4 Å². The van der Waals surface area contributed by atoms with Crippen molar-refractivity contribution in [1.29, 1.82) is 0 Å². The van der Waals surface area contributed by atoms with E-state index in [1.54, 1.807) is 0 Å². The molecular weight excluding hydrogens is 127 g/mol. The summed E-state index contributed by atoms with van der Waals surface area (Å²) in [5.74, 6) is 0. The third-order valence-corrected chi connectivity index (χ3v) is 2.33. The zero-order valence-electron chi connectivity index (χ0n) is 6.07. The predicted molar refractivity (Wildman–Crippen MR) is 36.1 cm³/mol. The van der Waals surface area contributed by atoms with Crippen LogP contribution in [-0.2, 0) is 0 Å². The molecule has 0 aromatic heterocycles. The van der Waals surface area contributed by atoms with Crippen LogP contribution in [0.2, 0.25) is 0.515 Å². The molecule has 0 bridgehead atoms. The molecule has 0 spiro atoms. The zero-order valence-corrected chi connectivity index (χ0v) is 9.19. The van der Waals surface area contributed by atoms with Crippen molar-refractivity contribution in [3.8, 4) is 0 Å². The summed E-state index contributed by atoms with van der Waals surface area (Å²) < 4.78 is 1.26. The van der Waals surface area contributed by atoms with Crippen molar-refractivity contribution in [2.24, 2.45) is 0 Å². The van der Waals surface area contributed by atoms with Crippen LogP contribution in [0.3, 0.4) is 0 Å². The quantitative estimate of drug-likeness (QED) is 0.583. The Morgan fingerprint density at radius 1 is 1.62 bits per heavy atom. The molecule has 0 fully saturated rings. The molecule has 0 aromatic carbocycles. The monoisotopic (exact) mass is 140 g/mol. The van der Waals surface area contributed by atoms with E-state index < -0.39 is 0 Å². The summed E-state index contributed by atoms with van der Waals surface area (Å²) in [7, 11) is 0. The van der Waals surface area contributed by atoms with Gasteiger partial charge in [0.15, 0.2) is 0 Å². The van der Waals surface area contributed by atoms with Crippen molar-refractivity contribution in [2.45, 2.75) is 32.8 Å². The molecule has 0 aromatic rings. The van der Waals surface area contributed by atoms with E-state index in [1.807, 2.05) is 13.8 Å². The fourth-order valence-electron chi connectivity index (χ4n) is 0.715. The van der Waals surface area contributed by atoms with E-state index >= 15 is 0 Å². The summed E-state index contributed by atoms with van der Waals surface area (Å²) in [6.07, 6.45) is 1.90. The van der Waals surface area contributed by atoms with Gasteiger partial charge in [-0.05, 0) is 0 Å². The van der Waals surface area contributed by atoms with Crippen molar-refractivity contribution in [2.75, 3.05) is 0 Å². The number of hydrogen-bond donors (Lipinski definition) is 1. The molecule has 0 radical (unpaired) electrons. The molecule has 0 aliphatic heterocycles. The number of aliphatic hydroxyl groups is 1. The van der Waals surface area contributed by atoms with Gasteiger partial charge >= 0.3 is 86.9 Å². The summed E-state index contributed by atoms with van der Waals surface area (Å²) in [4.78, 5) is 0. The van der Waals surface area contributed by atoms with Gasteiger partial charge in [-0.1, -0.05) is 0 Å². The molecule has 44 valence electrons. The van der Waals surface area contributed by atoms with Crippen LogP contribution in [0.15, 0.2) is 0 Å². The third kappa shape index (κ3) is 4.47. The fourth-order valence-corrected chi connectivity index (χ4v) is 2.40. The van der Waals surface area contributed by atoms with Crippen molar-refractivity contribution < 1.29 is 5.11 Å². The Hall–Kier alpha value is 1.60. The summed E-state index contributed by atoms with van der Waals surface area (Å²) >= 11 is 0.909.